The highest BCUT2D eigenvalue weighted by Crippen LogP contribution is 2.10. The fourth-order valence-corrected chi connectivity index (χ4v) is 2.18. The molecule has 0 fully saturated rings. The van der Waals surface area contributed by atoms with Crippen LogP contribution < -0.4 is 10.6 Å². The van der Waals surface area contributed by atoms with E-state index >= 15 is 0 Å². The molecule has 0 unspecified atom stereocenters. The zero-order valence-electron chi connectivity index (χ0n) is 13.6. The van der Waals surface area contributed by atoms with Gasteiger partial charge in [-0.2, -0.15) is 5.26 Å². The zero-order valence-corrected chi connectivity index (χ0v) is 13.6. The van der Waals surface area contributed by atoms with Gasteiger partial charge in [0.05, 0.1) is 6.07 Å². The van der Waals surface area contributed by atoms with Crippen molar-refractivity contribution >= 4 is 17.5 Å². The summed E-state index contributed by atoms with van der Waals surface area (Å²) in [5.41, 5.74) is 2.41. The highest BCUT2D eigenvalue weighted by atomic mass is 19.1. The van der Waals surface area contributed by atoms with E-state index in [9.17, 15) is 14.0 Å². The van der Waals surface area contributed by atoms with Crippen LogP contribution in [0.2, 0.25) is 0 Å². The van der Waals surface area contributed by atoms with E-state index in [1.807, 2.05) is 0 Å². The average molecular weight is 339 g/mol. The maximum Gasteiger partial charge on any atom is 0.238 e. The van der Waals surface area contributed by atoms with Crippen LogP contribution in [0.5, 0.6) is 0 Å². The van der Waals surface area contributed by atoms with Crippen molar-refractivity contribution in [1.29, 1.82) is 5.26 Å². The third kappa shape index (κ3) is 6.43. The molecule has 6 heteroatoms. The van der Waals surface area contributed by atoms with Crippen molar-refractivity contribution in [2.45, 2.75) is 25.8 Å². The predicted octanol–water partition coefficient (Wildman–Crippen LogP) is 2.93. The number of carbonyl (C=O) groups excluding carboxylic acids is 2. The summed E-state index contributed by atoms with van der Waals surface area (Å²) in [5, 5.41) is 13.9. The predicted molar refractivity (Wildman–Crippen MR) is 91.9 cm³/mol. The lowest BCUT2D eigenvalue weighted by Crippen LogP contribution is -2.23. The summed E-state index contributed by atoms with van der Waals surface area (Å²) < 4.78 is 12.8. The Morgan fingerprint density at radius 3 is 2.24 bits per heavy atom. The van der Waals surface area contributed by atoms with Crippen LogP contribution in [0, 0.1) is 17.1 Å². The highest BCUT2D eigenvalue weighted by molar-refractivity contribution is 5.92. The quantitative estimate of drug-likeness (QED) is 0.814. The SMILES string of the molecule is N#CCC(=O)Nc1ccc(CNC(=O)CCc2ccc(F)cc2)cc1. The molecule has 0 heterocycles. The minimum absolute atomic E-state index is 0.0873. The van der Waals surface area contributed by atoms with E-state index in [2.05, 4.69) is 10.6 Å². The third-order valence-corrected chi connectivity index (χ3v) is 3.52. The summed E-state index contributed by atoms with van der Waals surface area (Å²) in [6.45, 7) is 0.384. The summed E-state index contributed by atoms with van der Waals surface area (Å²) >= 11 is 0. The number of carbonyl (C=O) groups is 2. The standard InChI is InChI=1S/C19H18FN3O2/c20-16-6-1-14(2-7-16)5-10-18(24)22-13-15-3-8-17(9-4-15)23-19(25)11-12-21/h1-4,6-9H,5,10-11,13H2,(H,22,24)(H,23,25). The normalized spacial score (nSPS) is 9.92. The highest BCUT2D eigenvalue weighted by Gasteiger charge is 2.04. The van der Waals surface area contributed by atoms with Gasteiger partial charge in [-0.25, -0.2) is 4.39 Å². The molecule has 2 N–H and O–H groups in total. The van der Waals surface area contributed by atoms with Crippen LogP contribution >= 0.6 is 0 Å². The molecule has 0 aliphatic heterocycles. The summed E-state index contributed by atoms with van der Waals surface area (Å²) in [6.07, 6.45) is 0.690. The van der Waals surface area contributed by atoms with Crippen molar-refractivity contribution in [3.8, 4) is 6.07 Å². The van der Waals surface area contributed by atoms with Crippen molar-refractivity contribution in [1.82, 2.24) is 5.32 Å². The van der Waals surface area contributed by atoms with E-state index in [4.69, 9.17) is 5.26 Å². The summed E-state index contributed by atoms with van der Waals surface area (Å²) in [6, 6.07) is 14.9. The first-order chi connectivity index (χ1) is 12.1. The summed E-state index contributed by atoms with van der Waals surface area (Å²) in [4.78, 5) is 23.2. The maximum atomic E-state index is 12.8. The fourth-order valence-electron chi connectivity index (χ4n) is 2.18. The minimum atomic E-state index is -0.357. The second-order valence-corrected chi connectivity index (χ2v) is 5.48. The van der Waals surface area contributed by atoms with Crippen molar-refractivity contribution < 1.29 is 14.0 Å². The Morgan fingerprint density at radius 2 is 1.60 bits per heavy atom. The smallest absolute Gasteiger partial charge is 0.238 e. The van der Waals surface area contributed by atoms with E-state index in [1.165, 1.54) is 12.1 Å². The van der Waals surface area contributed by atoms with Crippen LogP contribution in [-0.2, 0) is 22.6 Å². The fraction of sp³-hybridized carbons (Fsp3) is 0.211. The molecule has 2 amide bonds. The lowest BCUT2D eigenvalue weighted by molar-refractivity contribution is -0.121. The van der Waals surface area contributed by atoms with Crippen molar-refractivity contribution in [3.05, 3.63) is 65.5 Å². The number of nitrogens with zero attached hydrogens (tertiary/aromatic N) is 1. The molecule has 0 radical (unpaired) electrons. The molecule has 128 valence electrons. The third-order valence-electron chi connectivity index (χ3n) is 3.52. The first-order valence-electron chi connectivity index (χ1n) is 7.83. The Kier molecular flexibility index (Phi) is 6.66. The van der Waals surface area contributed by atoms with E-state index in [0.29, 0.717) is 25.1 Å². The molecule has 0 atom stereocenters. The molecule has 0 spiro atoms. The van der Waals surface area contributed by atoms with E-state index in [-0.39, 0.29) is 24.1 Å². The van der Waals surface area contributed by atoms with Gasteiger partial charge >= 0.3 is 0 Å². The monoisotopic (exact) mass is 339 g/mol. The summed E-state index contributed by atoms with van der Waals surface area (Å²) in [7, 11) is 0. The lowest BCUT2D eigenvalue weighted by Gasteiger charge is -2.07. The number of hydrogen-bond donors (Lipinski definition) is 2. The van der Waals surface area contributed by atoms with Gasteiger partial charge in [0.25, 0.3) is 0 Å². The van der Waals surface area contributed by atoms with Gasteiger partial charge < -0.3 is 10.6 Å². The average Bonchev–Trinajstić information content (AvgIpc) is 2.61. The number of aryl methyl sites for hydroxylation is 1. The molecular weight excluding hydrogens is 321 g/mol. The number of benzene rings is 2. The number of anilines is 1. The Hall–Kier alpha value is -3.20. The van der Waals surface area contributed by atoms with E-state index < -0.39 is 0 Å². The van der Waals surface area contributed by atoms with Gasteiger partial charge in [0.2, 0.25) is 11.8 Å². The van der Waals surface area contributed by atoms with E-state index in [1.54, 1.807) is 42.5 Å². The number of rotatable bonds is 7. The number of hydrogen-bond acceptors (Lipinski definition) is 3. The van der Waals surface area contributed by atoms with Crippen LogP contribution in [0.25, 0.3) is 0 Å². The Labute approximate surface area is 145 Å². The Balaban J connectivity index is 1.75. The Morgan fingerprint density at radius 1 is 0.960 bits per heavy atom. The number of nitrogens with one attached hydrogen (secondary N) is 2. The number of amides is 2. The van der Waals surface area contributed by atoms with Crippen LogP contribution in [0.15, 0.2) is 48.5 Å². The van der Waals surface area contributed by atoms with Crippen molar-refractivity contribution in [2.24, 2.45) is 0 Å². The van der Waals surface area contributed by atoms with Gasteiger partial charge in [-0.3, -0.25) is 9.59 Å². The first-order valence-corrected chi connectivity index (χ1v) is 7.83. The van der Waals surface area contributed by atoms with Gasteiger partial charge in [-0.15, -0.1) is 0 Å². The molecule has 0 aliphatic carbocycles. The molecule has 5 nitrogen and oxygen atoms in total. The minimum Gasteiger partial charge on any atom is -0.352 e. The molecule has 2 aromatic rings. The first kappa shape index (κ1) is 18.1. The van der Waals surface area contributed by atoms with Crippen LogP contribution in [0.1, 0.15) is 24.0 Å². The molecule has 0 saturated carbocycles. The maximum absolute atomic E-state index is 12.8. The summed E-state index contributed by atoms with van der Waals surface area (Å²) in [5.74, 6) is -0.736. The van der Waals surface area contributed by atoms with Crippen LogP contribution in [-0.4, -0.2) is 11.8 Å². The zero-order chi connectivity index (χ0) is 18.1. The van der Waals surface area contributed by atoms with Crippen molar-refractivity contribution in [2.75, 3.05) is 5.32 Å². The molecule has 25 heavy (non-hydrogen) atoms. The Bertz CT molecular complexity index is 765. The molecule has 2 aromatic carbocycles. The van der Waals surface area contributed by atoms with Crippen molar-refractivity contribution in [3.63, 3.8) is 0 Å². The number of nitriles is 1. The van der Waals surface area contributed by atoms with Gasteiger partial charge in [0, 0.05) is 18.7 Å². The molecule has 0 saturated heterocycles. The van der Waals surface area contributed by atoms with E-state index in [0.717, 1.165) is 11.1 Å². The van der Waals surface area contributed by atoms with Crippen LogP contribution in [0.3, 0.4) is 0 Å². The number of halogens is 1. The largest absolute Gasteiger partial charge is 0.352 e. The molecule has 0 aliphatic rings. The molecule has 0 aromatic heterocycles. The van der Waals surface area contributed by atoms with Gasteiger partial charge in [-0.05, 0) is 41.8 Å². The molecular formula is C19H18FN3O2. The topological polar surface area (TPSA) is 82.0 Å². The lowest BCUT2D eigenvalue weighted by atomic mass is 10.1. The molecule has 0 bridgehead atoms. The second-order valence-electron chi connectivity index (χ2n) is 5.48. The van der Waals surface area contributed by atoms with Gasteiger partial charge in [0.15, 0.2) is 0 Å². The molecule has 2 rings (SSSR count). The van der Waals surface area contributed by atoms with Crippen LogP contribution in [0.4, 0.5) is 10.1 Å². The van der Waals surface area contributed by atoms with Gasteiger partial charge in [0.1, 0.15) is 12.2 Å². The second kappa shape index (κ2) is 9.18. The van der Waals surface area contributed by atoms with Gasteiger partial charge in [-0.1, -0.05) is 24.3 Å².